The summed E-state index contributed by atoms with van der Waals surface area (Å²) in [5.41, 5.74) is 1.35. The fourth-order valence-corrected chi connectivity index (χ4v) is 3.02. The normalized spacial score (nSPS) is 14.2. The van der Waals surface area contributed by atoms with Crippen LogP contribution in [0.2, 0.25) is 5.02 Å². The van der Waals surface area contributed by atoms with Crippen molar-refractivity contribution >= 4 is 11.6 Å². The third-order valence-corrected chi connectivity index (χ3v) is 4.26. The number of rotatable bonds is 10. The zero-order valence-corrected chi connectivity index (χ0v) is 14.0. The van der Waals surface area contributed by atoms with Gasteiger partial charge in [0.2, 0.25) is 0 Å². The highest BCUT2D eigenvalue weighted by Gasteiger charge is 2.19. The van der Waals surface area contributed by atoms with E-state index in [0.717, 1.165) is 23.9 Å². The summed E-state index contributed by atoms with van der Waals surface area (Å²) < 4.78 is 0. The molecule has 0 aliphatic heterocycles. The first-order chi connectivity index (χ1) is 9.71. The maximum atomic E-state index is 6.11. The van der Waals surface area contributed by atoms with Crippen molar-refractivity contribution in [1.29, 1.82) is 0 Å². The molecule has 0 amide bonds. The summed E-state index contributed by atoms with van der Waals surface area (Å²) >= 11 is 6.11. The fraction of sp³-hybridized carbons (Fsp3) is 0.667. The summed E-state index contributed by atoms with van der Waals surface area (Å²) in [6.07, 6.45) is 7.47. The predicted octanol–water partition coefficient (Wildman–Crippen LogP) is 5.47. The maximum Gasteiger partial charge on any atom is 0.0408 e. The lowest BCUT2D eigenvalue weighted by molar-refractivity contribution is 0.315. The van der Waals surface area contributed by atoms with Crippen molar-refractivity contribution in [2.75, 3.05) is 6.54 Å². The highest BCUT2D eigenvalue weighted by molar-refractivity contribution is 6.30. The number of hydrogen-bond donors (Lipinski definition) is 1. The van der Waals surface area contributed by atoms with E-state index in [0.29, 0.717) is 6.04 Å². The molecule has 0 fully saturated rings. The minimum Gasteiger partial charge on any atom is -0.313 e. The van der Waals surface area contributed by atoms with Gasteiger partial charge in [-0.15, -0.1) is 0 Å². The van der Waals surface area contributed by atoms with Crippen molar-refractivity contribution in [3.63, 3.8) is 0 Å². The van der Waals surface area contributed by atoms with Crippen LogP contribution < -0.4 is 5.32 Å². The molecule has 0 radical (unpaired) electrons. The quantitative estimate of drug-likeness (QED) is 0.604. The largest absolute Gasteiger partial charge is 0.313 e. The molecule has 2 unspecified atom stereocenters. The summed E-state index contributed by atoms with van der Waals surface area (Å²) in [6.45, 7) is 7.93. The van der Waals surface area contributed by atoms with Gasteiger partial charge in [0.05, 0.1) is 0 Å². The number of unbranched alkanes of at least 4 members (excludes halogenated alkanes) is 1. The Bertz CT molecular complexity index is 364. The monoisotopic (exact) mass is 295 g/mol. The van der Waals surface area contributed by atoms with Crippen molar-refractivity contribution in [2.24, 2.45) is 5.92 Å². The lowest BCUT2D eigenvalue weighted by Crippen LogP contribution is -2.38. The number of nitrogens with one attached hydrogen (secondary N) is 1. The minimum atomic E-state index is 0.574. The number of hydrogen-bond acceptors (Lipinski definition) is 1. The average Bonchev–Trinajstić information content (AvgIpc) is 2.45. The molecule has 0 aliphatic carbocycles. The van der Waals surface area contributed by atoms with Crippen LogP contribution >= 0.6 is 11.6 Å². The molecule has 1 aromatic carbocycles. The first-order valence-corrected chi connectivity index (χ1v) is 8.56. The lowest BCUT2D eigenvalue weighted by atomic mass is 9.87. The van der Waals surface area contributed by atoms with E-state index in [1.54, 1.807) is 0 Å². The Morgan fingerprint density at radius 1 is 1.15 bits per heavy atom. The van der Waals surface area contributed by atoms with Crippen LogP contribution in [0.15, 0.2) is 24.3 Å². The third kappa shape index (κ3) is 6.28. The highest BCUT2D eigenvalue weighted by Crippen LogP contribution is 2.21. The molecule has 0 saturated carbocycles. The van der Waals surface area contributed by atoms with Gasteiger partial charge in [-0.1, -0.05) is 63.8 Å². The van der Waals surface area contributed by atoms with Crippen LogP contribution in [0.4, 0.5) is 0 Å². The molecule has 0 spiro atoms. The summed E-state index contributed by atoms with van der Waals surface area (Å²) in [4.78, 5) is 0. The molecular formula is C18H30ClN. The Morgan fingerprint density at radius 2 is 1.95 bits per heavy atom. The van der Waals surface area contributed by atoms with Crippen molar-refractivity contribution < 1.29 is 0 Å². The van der Waals surface area contributed by atoms with Crippen LogP contribution in [0.1, 0.15) is 58.4 Å². The van der Waals surface area contributed by atoms with E-state index in [2.05, 4.69) is 44.3 Å². The summed E-state index contributed by atoms with van der Waals surface area (Å²) in [5.74, 6) is 0.764. The van der Waals surface area contributed by atoms with Gasteiger partial charge in [-0.3, -0.25) is 0 Å². The second-order valence-corrected chi connectivity index (χ2v) is 6.14. The van der Waals surface area contributed by atoms with Crippen molar-refractivity contribution in [2.45, 2.75) is 65.3 Å². The standard InChI is InChI=1S/C18H30ClN/c1-4-7-10-16(6-3)18(20-12-5-2)14-15-9-8-11-17(19)13-15/h8-9,11,13,16,18,20H,4-7,10,12,14H2,1-3H3. The van der Waals surface area contributed by atoms with Gasteiger partial charge in [0.1, 0.15) is 0 Å². The smallest absolute Gasteiger partial charge is 0.0408 e. The molecule has 0 aromatic heterocycles. The maximum absolute atomic E-state index is 6.11. The van der Waals surface area contributed by atoms with Crippen molar-refractivity contribution in [1.82, 2.24) is 5.32 Å². The summed E-state index contributed by atoms with van der Waals surface area (Å²) in [6, 6.07) is 8.88. The molecule has 1 nitrogen and oxygen atoms in total. The molecule has 0 bridgehead atoms. The predicted molar refractivity (Wildman–Crippen MR) is 90.5 cm³/mol. The second kappa shape index (κ2) is 10.2. The van der Waals surface area contributed by atoms with E-state index in [1.165, 1.54) is 37.7 Å². The molecule has 0 saturated heterocycles. The molecule has 114 valence electrons. The molecule has 20 heavy (non-hydrogen) atoms. The second-order valence-electron chi connectivity index (χ2n) is 5.71. The zero-order valence-electron chi connectivity index (χ0n) is 13.3. The van der Waals surface area contributed by atoms with E-state index >= 15 is 0 Å². The van der Waals surface area contributed by atoms with Crippen LogP contribution in [-0.4, -0.2) is 12.6 Å². The van der Waals surface area contributed by atoms with E-state index in [1.807, 2.05) is 6.07 Å². The SMILES string of the molecule is CCCCC(CC)C(Cc1cccc(Cl)c1)NCCC. The van der Waals surface area contributed by atoms with Gasteiger partial charge in [0.25, 0.3) is 0 Å². The van der Waals surface area contributed by atoms with Gasteiger partial charge in [-0.25, -0.2) is 0 Å². The van der Waals surface area contributed by atoms with Gasteiger partial charge in [-0.2, -0.15) is 0 Å². The van der Waals surface area contributed by atoms with Crippen molar-refractivity contribution in [3.05, 3.63) is 34.9 Å². The Labute approximate surface area is 130 Å². The molecule has 1 aromatic rings. The number of benzene rings is 1. The van der Waals surface area contributed by atoms with Gasteiger partial charge in [-0.05, 0) is 49.4 Å². The molecule has 0 heterocycles. The molecule has 2 heteroatoms. The van der Waals surface area contributed by atoms with E-state index < -0.39 is 0 Å². The first-order valence-electron chi connectivity index (χ1n) is 8.19. The minimum absolute atomic E-state index is 0.574. The van der Waals surface area contributed by atoms with Gasteiger partial charge >= 0.3 is 0 Å². The molecular weight excluding hydrogens is 266 g/mol. The van der Waals surface area contributed by atoms with Gasteiger partial charge in [0.15, 0.2) is 0 Å². The van der Waals surface area contributed by atoms with Crippen LogP contribution in [0.3, 0.4) is 0 Å². The Kier molecular flexibility index (Phi) is 8.97. The van der Waals surface area contributed by atoms with Crippen LogP contribution in [0.5, 0.6) is 0 Å². The first kappa shape index (κ1) is 17.5. The zero-order chi connectivity index (χ0) is 14.8. The van der Waals surface area contributed by atoms with Gasteiger partial charge in [0, 0.05) is 11.1 Å². The molecule has 1 rings (SSSR count). The van der Waals surface area contributed by atoms with E-state index in [-0.39, 0.29) is 0 Å². The molecule has 0 aliphatic rings. The Balaban J connectivity index is 2.70. The van der Waals surface area contributed by atoms with Crippen LogP contribution in [0.25, 0.3) is 0 Å². The lowest BCUT2D eigenvalue weighted by Gasteiger charge is -2.28. The van der Waals surface area contributed by atoms with Crippen LogP contribution in [0, 0.1) is 5.92 Å². The highest BCUT2D eigenvalue weighted by atomic mass is 35.5. The van der Waals surface area contributed by atoms with E-state index in [9.17, 15) is 0 Å². The third-order valence-electron chi connectivity index (χ3n) is 4.02. The summed E-state index contributed by atoms with van der Waals surface area (Å²) in [7, 11) is 0. The Morgan fingerprint density at radius 3 is 2.55 bits per heavy atom. The fourth-order valence-electron chi connectivity index (χ4n) is 2.81. The van der Waals surface area contributed by atoms with E-state index in [4.69, 9.17) is 11.6 Å². The topological polar surface area (TPSA) is 12.0 Å². The molecule has 2 atom stereocenters. The van der Waals surface area contributed by atoms with Crippen molar-refractivity contribution in [3.8, 4) is 0 Å². The summed E-state index contributed by atoms with van der Waals surface area (Å²) in [5, 5.41) is 4.60. The number of halogens is 1. The van der Waals surface area contributed by atoms with Crippen LogP contribution in [-0.2, 0) is 6.42 Å². The average molecular weight is 296 g/mol. The Hall–Kier alpha value is -0.530. The molecule has 1 N–H and O–H groups in total. The van der Waals surface area contributed by atoms with Gasteiger partial charge < -0.3 is 5.32 Å².